The monoisotopic (exact) mass is 493 g/mol. The van der Waals surface area contributed by atoms with Crippen molar-refractivity contribution in [1.29, 1.82) is 0 Å². The molecule has 1 amide bonds. The molecule has 0 atom stereocenters. The molecule has 8 nitrogen and oxygen atoms in total. The van der Waals surface area contributed by atoms with Gasteiger partial charge in [-0.3, -0.25) is 4.79 Å². The summed E-state index contributed by atoms with van der Waals surface area (Å²) in [6.45, 7) is 1.37. The number of likely N-dealkylation sites (tertiary alicyclic amines) is 1. The van der Waals surface area contributed by atoms with Crippen LogP contribution in [0.5, 0.6) is 5.75 Å². The number of piperidine rings is 1. The van der Waals surface area contributed by atoms with Crippen molar-refractivity contribution in [2.75, 3.05) is 25.5 Å². The van der Waals surface area contributed by atoms with Crippen LogP contribution in [0.4, 0.5) is 11.6 Å². The molecule has 1 saturated heterocycles. The van der Waals surface area contributed by atoms with E-state index in [0.717, 1.165) is 47.0 Å². The van der Waals surface area contributed by atoms with Crippen molar-refractivity contribution >= 4 is 28.9 Å². The van der Waals surface area contributed by atoms with E-state index in [2.05, 4.69) is 10.3 Å². The van der Waals surface area contributed by atoms with Crippen molar-refractivity contribution in [1.82, 2.24) is 19.9 Å². The molecule has 2 aliphatic rings. The van der Waals surface area contributed by atoms with Gasteiger partial charge in [0.25, 0.3) is 0 Å². The van der Waals surface area contributed by atoms with Crippen LogP contribution in [0.15, 0.2) is 42.7 Å². The molecule has 1 aliphatic heterocycles. The predicted molar refractivity (Wildman–Crippen MR) is 136 cm³/mol. The van der Waals surface area contributed by atoms with Crippen molar-refractivity contribution in [3.8, 4) is 16.3 Å². The number of methoxy groups -OCH3 is 1. The molecule has 9 heteroatoms. The maximum Gasteiger partial charge on any atom is 0.225 e. The zero-order chi connectivity index (χ0) is 24.2. The maximum absolute atomic E-state index is 12.9. The van der Waals surface area contributed by atoms with Gasteiger partial charge in [-0.25, -0.2) is 15.0 Å². The van der Waals surface area contributed by atoms with E-state index in [1.807, 2.05) is 35.4 Å². The number of anilines is 2. The Morgan fingerprint density at radius 1 is 1.09 bits per heavy atom. The number of amides is 1. The molecule has 1 aliphatic carbocycles. The van der Waals surface area contributed by atoms with E-state index < -0.39 is 0 Å². The van der Waals surface area contributed by atoms with E-state index in [0.29, 0.717) is 43.5 Å². The first-order valence-electron chi connectivity index (χ1n) is 12.3. The Morgan fingerprint density at radius 2 is 1.89 bits per heavy atom. The van der Waals surface area contributed by atoms with Crippen LogP contribution in [0.2, 0.25) is 0 Å². The number of thiazole rings is 1. The summed E-state index contributed by atoms with van der Waals surface area (Å²) in [6, 6.07) is 9.51. The van der Waals surface area contributed by atoms with Crippen molar-refractivity contribution < 1.29 is 14.6 Å². The number of aliphatic hydroxyl groups is 1. The molecule has 35 heavy (non-hydrogen) atoms. The molecule has 4 heterocycles. The van der Waals surface area contributed by atoms with E-state index in [9.17, 15) is 9.90 Å². The van der Waals surface area contributed by atoms with Crippen molar-refractivity contribution in [2.45, 2.75) is 50.5 Å². The molecule has 0 spiro atoms. The lowest BCUT2D eigenvalue weighted by atomic mass is 9.81. The van der Waals surface area contributed by atoms with Gasteiger partial charge in [0.05, 0.1) is 28.8 Å². The minimum atomic E-state index is -0.252. The maximum atomic E-state index is 12.9. The van der Waals surface area contributed by atoms with E-state index >= 15 is 0 Å². The number of hydrogen-bond donors (Lipinski definition) is 2. The van der Waals surface area contributed by atoms with Crippen LogP contribution in [0.1, 0.15) is 49.5 Å². The fraction of sp³-hybridized carbons (Fsp3) is 0.462. The van der Waals surface area contributed by atoms with Crippen LogP contribution in [0.25, 0.3) is 10.6 Å². The minimum Gasteiger partial charge on any atom is -0.497 e. The van der Waals surface area contributed by atoms with E-state index in [-0.39, 0.29) is 17.9 Å². The highest BCUT2D eigenvalue weighted by Crippen LogP contribution is 2.40. The second kappa shape index (κ2) is 10.7. The highest BCUT2D eigenvalue weighted by molar-refractivity contribution is 7.15. The van der Waals surface area contributed by atoms with Gasteiger partial charge in [0.2, 0.25) is 5.91 Å². The SMILES string of the molecule is COc1ccnc(Nc2cccc(-c3cnc(C4CCC(C(=O)N5CCC(O)CC5)CC4)s3)n2)c1. The van der Waals surface area contributed by atoms with Gasteiger partial charge < -0.3 is 20.1 Å². The Kier molecular flexibility index (Phi) is 7.24. The molecule has 184 valence electrons. The number of nitrogens with zero attached hydrogens (tertiary/aromatic N) is 4. The highest BCUT2D eigenvalue weighted by atomic mass is 32.1. The van der Waals surface area contributed by atoms with Gasteiger partial charge in [-0.2, -0.15) is 0 Å². The molecule has 0 radical (unpaired) electrons. The first-order chi connectivity index (χ1) is 17.1. The number of nitrogens with one attached hydrogen (secondary N) is 1. The van der Waals surface area contributed by atoms with Gasteiger partial charge >= 0.3 is 0 Å². The number of ether oxygens (including phenoxy) is 1. The molecule has 0 unspecified atom stereocenters. The third kappa shape index (κ3) is 5.62. The van der Waals surface area contributed by atoms with Gasteiger partial charge in [0.1, 0.15) is 17.4 Å². The van der Waals surface area contributed by atoms with Crippen molar-refractivity contribution in [2.24, 2.45) is 5.92 Å². The fourth-order valence-electron chi connectivity index (χ4n) is 4.91. The molecule has 2 fully saturated rings. The minimum absolute atomic E-state index is 0.107. The molecule has 0 aromatic carbocycles. The Balaban J connectivity index is 1.20. The van der Waals surface area contributed by atoms with Crippen LogP contribution in [-0.2, 0) is 4.79 Å². The number of aromatic nitrogens is 3. The predicted octanol–water partition coefficient (Wildman–Crippen LogP) is 4.61. The lowest BCUT2D eigenvalue weighted by molar-refractivity contribution is -0.138. The van der Waals surface area contributed by atoms with E-state index in [1.54, 1.807) is 30.7 Å². The summed E-state index contributed by atoms with van der Waals surface area (Å²) in [6.07, 6.45) is 8.52. The Labute approximate surface area is 209 Å². The van der Waals surface area contributed by atoms with Crippen LogP contribution < -0.4 is 10.1 Å². The number of hydrogen-bond acceptors (Lipinski definition) is 8. The van der Waals surface area contributed by atoms with Crippen LogP contribution in [0.3, 0.4) is 0 Å². The fourth-order valence-corrected chi connectivity index (χ4v) is 5.96. The topological polar surface area (TPSA) is 100 Å². The van der Waals surface area contributed by atoms with Gasteiger partial charge in [-0.1, -0.05) is 6.07 Å². The smallest absolute Gasteiger partial charge is 0.225 e. The molecular weight excluding hydrogens is 462 g/mol. The van der Waals surface area contributed by atoms with Gasteiger partial charge in [0, 0.05) is 43.4 Å². The summed E-state index contributed by atoms with van der Waals surface area (Å²) >= 11 is 1.69. The second-order valence-electron chi connectivity index (χ2n) is 9.28. The third-order valence-electron chi connectivity index (χ3n) is 6.95. The molecule has 1 saturated carbocycles. The Morgan fingerprint density at radius 3 is 2.66 bits per heavy atom. The first-order valence-corrected chi connectivity index (χ1v) is 13.1. The molecule has 0 bridgehead atoms. The summed E-state index contributed by atoms with van der Waals surface area (Å²) in [4.78, 5) is 29.7. The average molecular weight is 494 g/mol. The lowest BCUT2D eigenvalue weighted by Gasteiger charge is -2.34. The van der Waals surface area contributed by atoms with E-state index in [4.69, 9.17) is 14.7 Å². The van der Waals surface area contributed by atoms with Crippen LogP contribution >= 0.6 is 11.3 Å². The van der Waals surface area contributed by atoms with Crippen molar-refractivity contribution in [3.63, 3.8) is 0 Å². The molecule has 2 N–H and O–H groups in total. The summed E-state index contributed by atoms with van der Waals surface area (Å²) in [5.74, 6) is 2.89. The third-order valence-corrected chi connectivity index (χ3v) is 8.13. The van der Waals surface area contributed by atoms with Gasteiger partial charge in [-0.05, 0) is 56.7 Å². The lowest BCUT2D eigenvalue weighted by Crippen LogP contribution is -2.43. The molecule has 3 aromatic rings. The summed E-state index contributed by atoms with van der Waals surface area (Å²) < 4.78 is 5.26. The quantitative estimate of drug-likeness (QED) is 0.517. The summed E-state index contributed by atoms with van der Waals surface area (Å²) in [7, 11) is 1.63. The number of carbonyl (C=O) groups is 1. The molecule has 5 rings (SSSR count). The number of aliphatic hydroxyl groups excluding tert-OH is 1. The normalized spacial score (nSPS) is 21.0. The van der Waals surface area contributed by atoms with E-state index in [1.165, 1.54) is 0 Å². The number of carbonyl (C=O) groups excluding carboxylic acids is 1. The van der Waals surface area contributed by atoms with Crippen LogP contribution in [0, 0.1) is 5.92 Å². The van der Waals surface area contributed by atoms with Crippen LogP contribution in [-0.4, -0.2) is 57.2 Å². The largest absolute Gasteiger partial charge is 0.497 e. The van der Waals surface area contributed by atoms with Gasteiger partial charge in [-0.15, -0.1) is 11.3 Å². The van der Waals surface area contributed by atoms with Crippen molar-refractivity contribution in [3.05, 3.63) is 47.7 Å². The second-order valence-corrected chi connectivity index (χ2v) is 10.3. The Hall–Kier alpha value is -3.04. The zero-order valence-electron chi connectivity index (χ0n) is 19.9. The number of rotatable bonds is 6. The summed E-state index contributed by atoms with van der Waals surface area (Å²) in [5, 5.41) is 14.1. The average Bonchev–Trinajstić information content (AvgIpc) is 3.40. The highest BCUT2D eigenvalue weighted by Gasteiger charge is 2.32. The Bertz CT molecular complexity index is 1150. The molecule has 3 aromatic heterocycles. The first kappa shape index (κ1) is 23.7. The van der Waals surface area contributed by atoms with Gasteiger partial charge in [0.15, 0.2) is 0 Å². The number of pyridine rings is 2. The molecular formula is C26H31N5O3S. The summed E-state index contributed by atoms with van der Waals surface area (Å²) in [5.41, 5.74) is 0.873. The zero-order valence-corrected chi connectivity index (χ0v) is 20.7. The standard InChI is InChI=1S/C26H31N5O3S/c1-34-20-9-12-27-24(15-20)30-23-4-2-3-21(29-23)22-16-28-25(35-22)17-5-7-18(8-6-17)26(33)31-13-10-19(32)11-14-31/h2-4,9,12,15-19,32H,5-8,10-11,13-14H2,1H3,(H,27,29,30).